The molecule has 2 atom stereocenters. The lowest BCUT2D eigenvalue weighted by molar-refractivity contribution is -0.157. The first-order valence-corrected chi connectivity index (χ1v) is 12.0. The number of nitrogens with zero attached hydrogens (tertiary/aromatic N) is 3. The van der Waals surface area contributed by atoms with E-state index in [0.29, 0.717) is 19.4 Å². The minimum absolute atomic E-state index is 0.0341. The summed E-state index contributed by atoms with van der Waals surface area (Å²) in [5, 5.41) is 0. The van der Waals surface area contributed by atoms with Crippen LogP contribution in [0.1, 0.15) is 67.2 Å². The average Bonchev–Trinajstić information content (AvgIpc) is 3.40. The van der Waals surface area contributed by atoms with Gasteiger partial charge in [-0.05, 0) is 52.2 Å². The Morgan fingerprint density at radius 3 is 2.25 bits per heavy atom. The highest BCUT2D eigenvalue weighted by Crippen LogP contribution is 2.29. The zero-order valence-corrected chi connectivity index (χ0v) is 20.5. The van der Waals surface area contributed by atoms with Gasteiger partial charge in [0, 0.05) is 13.0 Å². The standard InChI is InChI=1S/C25H29N3O8/c1-25(2,3)36-24(34)26-12-6-9-18(26)23(33)35-14-13-27-19(29)11-10-17(22(27)32)28-20(30)15-7-4-5-8-16(15)21(28)31/h4-5,7-8,17-18H,6,9-14H2,1-3H3/t17-,18?/m0/s1. The van der Waals surface area contributed by atoms with Crippen LogP contribution in [-0.2, 0) is 23.9 Å². The summed E-state index contributed by atoms with van der Waals surface area (Å²) in [6.45, 7) is 5.06. The van der Waals surface area contributed by atoms with Crippen LogP contribution in [0.5, 0.6) is 0 Å². The van der Waals surface area contributed by atoms with E-state index in [1.165, 1.54) is 17.0 Å². The molecule has 192 valence electrons. The van der Waals surface area contributed by atoms with E-state index < -0.39 is 53.4 Å². The molecule has 3 aliphatic heterocycles. The van der Waals surface area contributed by atoms with E-state index in [2.05, 4.69) is 0 Å². The molecule has 2 saturated heterocycles. The van der Waals surface area contributed by atoms with E-state index in [9.17, 15) is 28.8 Å². The van der Waals surface area contributed by atoms with E-state index in [1.807, 2.05) is 0 Å². The van der Waals surface area contributed by atoms with Crippen LogP contribution in [0.2, 0.25) is 0 Å². The van der Waals surface area contributed by atoms with Gasteiger partial charge in [-0.3, -0.25) is 33.9 Å². The fourth-order valence-corrected chi connectivity index (χ4v) is 4.67. The molecule has 3 aliphatic rings. The fraction of sp³-hybridized carbons (Fsp3) is 0.520. The number of benzene rings is 1. The maximum absolute atomic E-state index is 13.1. The van der Waals surface area contributed by atoms with Gasteiger partial charge in [0.25, 0.3) is 17.7 Å². The van der Waals surface area contributed by atoms with Crippen molar-refractivity contribution in [2.75, 3.05) is 19.7 Å². The van der Waals surface area contributed by atoms with Gasteiger partial charge < -0.3 is 9.47 Å². The first kappa shape index (κ1) is 25.3. The summed E-state index contributed by atoms with van der Waals surface area (Å²) in [4.78, 5) is 79.4. The third-order valence-electron chi connectivity index (χ3n) is 6.33. The molecule has 11 nitrogen and oxygen atoms in total. The SMILES string of the molecule is CC(C)(C)OC(=O)N1CCCC1C(=O)OCCN1C(=O)CC[C@H](N2C(=O)c3ccccc3C2=O)C1=O. The highest BCUT2D eigenvalue weighted by Gasteiger charge is 2.47. The molecule has 0 aliphatic carbocycles. The van der Waals surface area contributed by atoms with E-state index >= 15 is 0 Å². The van der Waals surface area contributed by atoms with Crippen molar-refractivity contribution in [3.8, 4) is 0 Å². The summed E-state index contributed by atoms with van der Waals surface area (Å²) in [6, 6.07) is 4.40. The predicted molar refractivity (Wildman–Crippen MR) is 124 cm³/mol. The zero-order valence-electron chi connectivity index (χ0n) is 20.5. The Hall–Kier alpha value is -3.76. The van der Waals surface area contributed by atoms with Crippen molar-refractivity contribution in [3.63, 3.8) is 0 Å². The van der Waals surface area contributed by atoms with Gasteiger partial charge in [-0.2, -0.15) is 0 Å². The van der Waals surface area contributed by atoms with Crippen LogP contribution in [0.3, 0.4) is 0 Å². The molecule has 1 aromatic rings. The summed E-state index contributed by atoms with van der Waals surface area (Å²) < 4.78 is 10.7. The zero-order chi connectivity index (χ0) is 26.2. The van der Waals surface area contributed by atoms with Crippen molar-refractivity contribution < 1.29 is 38.2 Å². The molecule has 0 bridgehead atoms. The summed E-state index contributed by atoms with van der Waals surface area (Å²) >= 11 is 0. The van der Waals surface area contributed by atoms with Gasteiger partial charge >= 0.3 is 12.1 Å². The molecule has 1 aromatic carbocycles. The molecule has 36 heavy (non-hydrogen) atoms. The van der Waals surface area contributed by atoms with Crippen LogP contribution in [0, 0.1) is 0 Å². The number of ether oxygens (including phenoxy) is 2. The predicted octanol–water partition coefficient (Wildman–Crippen LogP) is 1.74. The van der Waals surface area contributed by atoms with Crippen molar-refractivity contribution in [2.24, 2.45) is 0 Å². The quantitative estimate of drug-likeness (QED) is 0.442. The molecule has 3 heterocycles. The minimum atomic E-state index is -1.11. The molecule has 4 rings (SSSR count). The molecule has 5 amide bonds. The van der Waals surface area contributed by atoms with Crippen LogP contribution in [0.4, 0.5) is 4.79 Å². The number of likely N-dealkylation sites (tertiary alicyclic amines) is 2. The normalized spacial score (nSPS) is 22.2. The average molecular weight is 500 g/mol. The lowest BCUT2D eigenvalue weighted by atomic mass is 10.0. The number of carbonyl (C=O) groups excluding carboxylic acids is 6. The molecule has 2 fully saturated rings. The summed E-state index contributed by atoms with van der Waals surface area (Å²) in [7, 11) is 0. The molecule has 11 heteroatoms. The monoisotopic (exact) mass is 499 g/mol. The number of amides is 5. The van der Waals surface area contributed by atoms with Crippen molar-refractivity contribution in [2.45, 2.75) is 64.1 Å². The van der Waals surface area contributed by atoms with Gasteiger partial charge in [0.1, 0.15) is 24.3 Å². The molecule has 0 N–H and O–H groups in total. The number of esters is 1. The van der Waals surface area contributed by atoms with Gasteiger partial charge in [-0.25, -0.2) is 9.59 Å². The van der Waals surface area contributed by atoms with E-state index in [-0.39, 0.29) is 37.1 Å². The summed E-state index contributed by atoms with van der Waals surface area (Å²) in [5.41, 5.74) is -0.267. The van der Waals surface area contributed by atoms with Gasteiger partial charge in [-0.1, -0.05) is 12.1 Å². The van der Waals surface area contributed by atoms with Crippen LogP contribution in [-0.4, -0.2) is 87.8 Å². The van der Waals surface area contributed by atoms with Crippen molar-refractivity contribution in [3.05, 3.63) is 35.4 Å². The largest absolute Gasteiger partial charge is 0.462 e. The van der Waals surface area contributed by atoms with E-state index in [0.717, 1.165) is 9.80 Å². The Bertz CT molecular complexity index is 1090. The summed E-state index contributed by atoms with van der Waals surface area (Å²) in [5.74, 6) is -2.95. The third-order valence-corrected chi connectivity index (χ3v) is 6.33. The Morgan fingerprint density at radius 2 is 1.64 bits per heavy atom. The van der Waals surface area contributed by atoms with E-state index in [4.69, 9.17) is 9.47 Å². The summed E-state index contributed by atoms with van der Waals surface area (Å²) in [6.07, 6.45) is 0.428. The maximum Gasteiger partial charge on any atom is 0.411 e. The number of carbonyl (C=O) groups is 6. The number of imide groups is 2. The number of hydrogen-bond donors (Lipinski definition) is 0. The van der Waals surface area contributed by atoms with Gasteiger partial charge in [0.05, 0.1) is 17.7 Å². The fourth-order valence-electron chi connectivity index (χ4n) is 4.67. The number of hydrogen-bond acceptors (Lipinski definition) is 8. The van der Waals surface area contributed by atoms with Crippen LogP contribution in [0.25, 0.3) is 0 Å². The van der Waals surface area contributed by atoms with Crippen LogP contribution in [0.15, 0.2) is 24.3 Å². The highest BCUT2D eigenvalue weighted by atomic mass is 16.6. The molecular formula is C25H29N3O8. The molecular weight excluding hydrogens is 470 g/mol. The Morgan fingerprint density at radius 1 is 1.00 bits per heavy atom. The first-order chi connectivity index (χ1) is 17.0. The minimum Gasteiger partial charge on any atom is -0.462 e. The maximum atomic E-state index is 13.1. The molecule has 0 spiro atoms. The van der Waals surface area contributed by atoms with Crippen molar-refractivity contribution in [1.82, 2.24) is 14.7 Å². The molecule has 0 radical (unpaired) electrons. The Labute approximate surface area is 208 Å². The number of piperidine rings is 1. The second-order valence-electron chi connectivity index (χ2n) is 9.96. The Balaban J connectivity index is 1.36. The third kappa shape index (κ3) is 4.82. The van der Waals surface area contributed by atoms with Crippen LogP contribution >= 0.6 is 0 Å². The lowest BCUT2D eigenvalue weighted by Crippen LogP contribution is -2.56. The number of rotatable bonds is 5. The topological polar surface area (TPSA) is 131 Å². The highest BCUT2D eigenvalue weighted by molar-refractivity contribution is 6.23. The Kier molecular flexibility index (Phi) is 6.83. The first-order valence-electron chi connectivity index (χ1n) is 12.0. The second kappa shape index (κ2) is 9.71. The molecule has 0 aromatic heterocycles. The lowest BCUT2D eigenvalue weighted by Gasteiger charge is -2.34. The molecule has 1 unspecified atom stereocenters. The number of fused-ring (bicyclic) bond motifs is 1. The van der Waals surface area contributed by atoms with Gasteiger partial charge in [0.2, 0.25) is 5.91 Å². The van der Waals surface area contributed by atoms with Crippen molar-refractivity contribution >= 4 is 35.7 Å². The van der Waals surface area contributed by atoms with E-state index in [1.54, 1.807) is 32.9 Å². The second-order valence-corrected chi connectivity index (χ2v) is 9.96. The van der Waals surface area contributed by atoms with Gasteiger partial charge in [-0.15, -0.1) is 0 Å². The molecule has 0 saturated carbocycles. The van der Waals surface area contributed by atoms with Gasteiger partial charge in [0.15, 0.2) is 0 Å². The van der Waals surface area contributed by atoms with Crippen molar-refractivity contribution in [1.29, 1.82) is 0 Å². The van der Waals surface area contributed by atoms with Crippen LogP contribution < -0.4 is 0 Å². The smallest absolute Gasteiger partial charge is 0.411 e.